The van der Waals surface area contributed by atoms with Gasteiger partial charge >= 0.3 is 0 Å². The smallest absolute Gasteiger partial charge is 0.129 e. The Morgan fingerprint density at radius 3 is 2.00 bits per heavy atom. The maximum Gasteiger partial charge on any atom is 0.129 e. The van der Waals surface area contributed by atoms with Crippen LogP contribution in [-0.4, -0.2) is 30.2 Å². The van der Waals surface area contributed by atoms with Gasteiger partial charge in [0.2, 0.25) is 0 Å². The van der Waals surface area contributed by atoms with Gasteiger partial charge in [-0.2, -0.15) is 0 Å². The predicted molar refractivity (Wildman–Crippen MR) is 40.3 cm³/mol. The van der Waals surface area contributed by atoms with Crippen LogP contribution in [0, 0.1) is 0 Å². The zero-order valence-corrected chi connectivity index (χ0v) is 6.85. The Morgan fingerprint density at radius 1 is 1.33 bits per heavy atom. The fourth-order valence-corrected chi connectivity index (χ4v) is 1.57. The van der Waals surface area contributed by atoms with Crippen LogP contribution in [0.5, 0.6) is 0 Å². The Hall–Kier alpha value is -0.0400. The molecule has 54 valence electrons. The van der Waals surface area contributed by atoms with Crippen LogP contribution in [-0.2, 0) is 0 Å². The Morgan fingerprint density at radius 2 is 1.89 bits per heavy atom. The molecule has 0 aromatic heterocycles. The molecule has 0 bridgehead atoms. The summed E-state index contributed by atoms with van der Waals surface area (Å²) in [5.74, 6) is 0. The van der Waals surface area contributed by atoms with Crippen LogP contribution < -0.4 is 0 Å². The van der Waals surface area contributed by atoms with Gasteiger partial charge in [0.05, 0.1) is 12.6 Å². The van der Waals surface area contributed by atoms with Crippen LogP contribution in [0.2, 0.25) is 0 Å². The van der Waals surface area contributed by atoms with Crippen molar-refractivity contribution in [3.05, 3.63) is 0 Å². The SMILES string of the molecule is CCC[N+]1(C(C)C)CC1. The molecule has 0 radical (unpaired) electrons. The summed E-state index contributed by atoms with van der Waals surface area (Å²) in [6.45, 7) is 11.2. The highest BCUT2D eigenvalue weighted by atomic mass is 15.5. The van der Waals surface area contributed by atoms with Crippen LogP contribution in [0.15, 0.2) is 0 Å². The van der Waals surface area contributed by atoms with E-state index in [2.05, 4.69) is 20.8 Å². The van der Waals surface area contributed by atoms with Crippen molar-refractivity contribution in [2.45, 2.75) is 33.2 Å². The Kier molecular flexibility index (Phi) is 1.80. The van der Waals surface area contributed by atoms with Crippen molar-refractivity contribution < 1.29 is 4.48 Å². The molecule has 1 heterocycles. The molecule has 1 saturated heterocycles. The van der Waals surface area contributed by atoms with Crippen molar-refractivity contribution in [2.75, 3.05) is 19.6 Å². The molecular weight excluding hydrogens is 110 g/mol. The summed E-state index contributed by atoms with van der Waals surface area (Å²) in [4.78, 5) is 0. The van der Waals surface area contributed by atoms with Crippen molar-refractivity contribution in [3.63, 3.8) is 0 Å². The summed E-state index contributed by atoms with van der Waals surface area (Å²) >= 11 is 0. The first-order chi connectivity index (χ1) is 4.21. The molecule has 1 nitrogen and oxygen atoms in total. The summed E-state index contributed by atoms with van der Waals surface area (Å²) in [6.07, 6.45) is 1.35. The van der Waals surface area contributed by atoms with Crippen LogP contribution in [0.4, 0.5) is 0 Å². The maximum atomic E-state index is 2.34. The number of rotatable bonds is 3. The third-order valence-electron chi connectivity index (χ3n) is 2.56. The third kappa shape index (κ3) is 1.26. The average Bonchev–Trinajstić information content (AvgIpc) is 2.49. The molecule has 9 heavy (non-hydrogen) atoms. The number of hydrogen-bond acceptors (Lipinski definition) is 0. The van der Waals surface area contributed by atoms with Gasteiger partial charge < -0.3 is 4.48 Å². The van der Waals surface area contributed by atoms with Gasteiger partial charge in [0, 0.05) is 0 Å². The first kappa shape index (κ1) is 7.07. The summed E-state index contributed by atoms with van der Waals surface area (Å²) in [5.41, 5.74) is 0. The minimum atomic E-state index is 0.866. The summed E-state index contributed by atoms with van der Waals surface area (Å²) in [7, 11) is 0. The topological polar surface area (TPSA) is 0 Å². The fourth-order valence-electron chi connectivity index (χ4n) is 1.57. The lowest BCUT2D eigenvalue weighted by molar-refractivity contribution is -0.823. The van der Waals surface area contributed by atoms with Crippen molar-refractivity contribution in [3.8, 4) is 0 Å². The van der Waals surface area contributed by atoms with Gasteiger partial charge in [-0.1, -0.05) is 6.92 Å². The fraction of sp³-hybridized carbons (Fsp3) is 1.00. The highest BCUT2D eigenvalue weighted by molar-refractivity contribution is 4.59. The minimum Gasteiger partial charge on any atom is -0.312 e. The van der Waals surface area contributed by atoms with Crippen molar-refractivity contribution >= 4 is 0 Å². The molecule has 0 atom stereocenters. The van der Waals surface area contributed by atoms with Crippen LogP contribution >= 0.6 is 0 Å². The molecule has 1 aliphatic rings. The van der Waals surface area contributed by atoms with E-state index in [0.29, 0.717) is 0 Å². The first-order valence-electron chi connectivity index (χ1n) is 4.07. The van der Waals surface area contributed by atoms with Crippen molar-refractivity contribution in [1.29, 1.82) is 0 Å². The summed E-state index contributed by atoms with van der Waals surface area (Å²) in [6, 6.07) is 0.866. The number of hydrogen-bond donors (Lipinski definition) is 0. The van der Waals surface area contributed by atoms with E-state index in [0.717, 1.165) is 6.04 Å². The van der Waals surface area contributed by atoms with E-state index in [1.807, 2.05) is 0 Å². The number of nitrogens with zero attached hydrogens (tertiary/aromatic N) is 1. The van der Waals surface area contributed by atoms with E-state index in [1.54, 1.807) is 0 Å². The van der Waals surface area contributed by atoms with Gasteiger partial charge in [0.1, 0.15) is 13.1 Å². The van der Waals surface area contributed by atoms with E-state index >= 15 is 0 Å². The normalized spacial score (nSPS) is 22.7. The maximum absolute atomic E-state index is 2.34. The zero-order chi connectivity index (χ0) is 6.91. The van der Waals surface area contributed by atoms with Gasteiger partial charge in [-0.15, -0.1) is 0 Å². The van der Waals surface area contributed by atoms with E-state index in [4.69, 9.17) is 0 Å². The standard InChI is InChI=1S/C8H18N/c1-4-5-9(6-7-9)8(2)3/h8H,4-7H2,1-3H3/q+1. The molecule has 0 aromatic rings. The Labute approximate surface area is 58.3 Å². The summed E-state index contributed by atoms with van der Waals surface area (Å²) in [5, 5.41) is 0. The van der Waals surface area contributed by atoms with Crippen LogP contribution in [0.25, 0.3) is 0 Å². The second kappa shape index (κ2) is 2.30. The van der Waals surface area contributed by atoms with E-state index in [9.17, 15) is 0 Å². The molecule has 0 spiro atoms. The molecule has 1 heteroatoms. The Bertz CT molecular complexity index is 92.7. The monoisotopic (exact) mass is 128 g/mol. The third-order valence-corrected chi connectivity index (χ3v) is 2.56. The van der Waals surface area contributed by atoms with E-state index in [1.165, 1.54) is 30.5 Å². The zero-order valence-electron chi connectivity index (χ0n) is 6.85. The van der Waals surface area contributed by atoms with Gasteiger partial charge in [-0.25, -0.2) is 0 Å². The van der Waals surface area contributed by atoms with E-state index < -0.39 is 0 Å². The second-order valence-corrected chi connectivity index (χ2v) is 3.48. The molecular formula is C8H18N+. The molecule has 0 aliphatic carbocycles. The van der Waals surface area contributed by atoms with Gasteiger partial charge in [0.25, 0.3) is 0 Å². The van der Waals surface area contributed by atoms with Gasteiger partial charge in [-0.05, 0) is 20.3 Å². The minimum absolute atomic E-state index is 0.866. The van der Waals surface area contributed by atoms with Crippen LogP contribution in [0.1, 0.15) is 27.2 Å². The lowest BCUT2D eigenvalue weighted by Gasteiger charge is -2.21. The average molecular weight is 128 g/mol. The molecule has 0 aromatic carbocycles. The molecule has 0 amide bonds. The molecule has 1 aliphatic heterocycles. The van der Waals surface area contributed by atoms with Gasteiger partial charge in [0.15, 0.2) is 0 Å². The highest BCUT2D eigenvalue weighted by Crippen LogP contribution is 2.25. The second-order valence-electron chi connectivity index (χ2n) is 3.48. The first-order valence-corrected chi connectivity index (χ1v) is 4.07. The molecule has 1 rings (SSSR count). The lowest BCUT2D eigenvalue weighted by Crippen LogP contribution is -2.34. The van der Waals surface area contributed by atoms with Crippen molar-refractivity contribution in [2.24, 2.45) is 0 Å². The quantitative estimate of drug-likeness (QED) is 0.400. The molecule has 0 saturated carbocycles. The van der Waals surface area contributed by atoms with Crippen LogP contribution in [0.3, 0.4) is 0 Å². The lowest BCUT2D eigenvalue weighted by atomic mass is 10.3. The van der Waals surface area contributed by atoms with Gasteiger partial charge in [-0.3, -0.25) is 0 Å². The number of quaternary nitrogens is 1. The largest absolute Gasteiger partial charge is 0.312 e. The highest BCUT2D eigenvalue weighted by Gasteiger charge is 2.43. The molecule has 0 unspecified atom stereocenters. The van der Waals surface area contributed by atoms with E-state index in [-0.39, 0.29) is 0 Å². The molecule has 0 N–H and O–H groups in total. The predicted octanol–water partition coefficient (Wildman–Crippen LogP) is 1.64. The summed E-state index contributed by atoms with van der Waals surface area (Å²) < 4.78 is 1.40. The Balaban J connectivity index is 2.33. The molecule has 1 fully saturated rings. The van der Waals surface area contributed by atoms with Crippen molar-refractivity contribution in [1.82, 2.24) is 0 Å².